The molecule has 11 aromatic rings. The second-order valence-corrected chi connectivity index (χ2v) is 13.1. The number of benzene rings is 8. The molecule has 0 N–H and O–H groups in total. The van der Waals surface area contributed by atoms with E-state index in [4.69, 9.17) is 9.97 Å². The Morgan fingerprint density at radius 3 is 1.64 bits per heavy atom. The Labute approximate surface area is 287 Å². The number of fused-ring (bicyclic) bond motifs is 9. The van der Waals surface area contributed by atoms with Crippen molar-refractivity contribution >= 4 is 76.2 Å². The molecule has 4 heteroatoms. The number of hydrogen-bond acceptors (Lipinski definition) is 2. The van der Waals surface area contributed by atoms with Gasteiger partial charge in [-0.1, -0.05) is 115 Å². The summed E-state index contributed by atoms with van der Waals surface area (Å²) in [5.74, 6) is 0.814. The minimum absolute atomic E-state index is 0.814. The van der Waals surface area contributed by atoms with Crippen molar-refractivity contribution in [3.05, 3.63) is 170 Å². The van der Waals surface area contributed by atoms with E-state index in [1.807, 2.05) is 12.1 Å². The lowest BCUT2D eigenvalue weighted by molar-refractivity contribution is 1.08. The van der Waals surface area contributed by atoms with E-state index >= 15 is 0 Å². The number of nitrogens with zero attached hydrogens (tertiary/aromatic N) is 4. The van der Waals surface area contributed by atoms with E-state index in [9.17, 15) is 0 Å². The summed E-state index contributed by atoms with van der Waals surface area (Å²) in [5, 5.41) is 9.63. The first-order valence-corrected chi connectivity index (χ1v) is 17.0. The SMILES string of the molecule is c1ccc2cc(-c3nc4ccccc4nc3-n3c4cc(-n5c6ccccc6c6ccccc65)ccc4c4cc5ccccc5cc43)ccc2c1. The smallest absolute Gasteiger partial charge is 0.165 e. The Morgan fingerprint density at radius 2 is 0.900 bits per heavy atom. The lowest BCUT2D eigenvalue weighted by Gasteiger charge is -2.15. The van der Waals surface area contributed by atoms with Crippen LogP contribution in [0.15, 0.2) is 170 Å². The molecule has 232 valence electrons. The highest BCUT2D eigenvalue weighted by Gasteiger charge is 2.21. The molecule has 4 nitrogen and oxygen atoms in total. The van der Waals surface area contributed by atoms with Crippen molar-refractivity contribution in [2.75, 3.05) is 0 Å². The van der Waals surface area contributed by atoms with E-state index in [2.05, 4.69) is 167 Å². The molecule has 11 rings (SSSR count). The first kappa shape index (κ1) is 27.2. The molecule has 0 spiro atoms. The van der Waals surface area contributed by atoms with Crippen LogP contribution in [-0.2, 0) is 0 Å². The van der Waals surface area contributed by atoms with Gasteiger partial charge in [-0.05, 0) is 76.1 Å². The average Bonchev–Trinajstić information content (AvgIpc) is 3.68. The van der Waals surface area contributed by atoms with Gasteiger partial charge in [-0.25, -0.2) is 9.97 Å². The predicted octanol–water partition coefficient (Wildman–Crippen LogP) is 11.8. The summed E-state index contributed by atoms with van der Waals surface area (Å²) in [6.45, 7) is 0. The molecule has 0 amide bonds. The van der Waals surface area contributed by atoms with Crippen molar-refractivity contribution in [2.24, 2.45) is 0 Å². The zero-order chi connectivity index (χ0) is 32.8. The van der Waals surface area contributed by atoms with Gasteiger partial charge < -0.3 is 4.57 Å². The molecule has 50 heavy (non-hydrogen) atoms. The van der Waals surface area contributed by atoms with E-state index in [1.165, 1.54) is 54.1 Å². The normalized spacial score (nSPS) is 12.0. The number of aromatic nitrogens is 4. The Bertz CT molecular complexity index is 3110. The largest absolute Gasteiger partial charge is 0.309 e. The maximum atomic E-state index is 5.44. The molecule has 3 heterocycles. The fourth-order valence-corrected chi connectivity index (χ4v) is 7.94. The molecule has 0 aliphatic carbocycles. The van der Waals surface area contributed by atoms with Gasteiger partial charge in [-0.2, -0.15) is 0 Å². The fourth-order valence-electron chi connectivity index (χ4n) is 7.94. The highest BCUT2D eigenvalue weighted by atomic mass is 15.1. The third-order valence-corrected chi connectivity index (χ3v) is 10.2. The molecule has 0 atom stereocenters. The monoisotopic (exact) mass is 636 g/mol. The van der Waals surface area contributed by atoms with E-state index < -0.39 is 0 Å². The molecule has 0 radical (unpaired) electrons. The van der Waals surface area contributed by atoms with Crippen molar-refractivity contribution in [2.45, 2.75) is 0 Å². The van der Waals surface area contributed by atoms with E-state index in [0.717, 1.165) is 44.8 Å². The highest BCUT2D eigenvalue weighted by Crippen LogP contribution is 2.40. The van der Waals surface area contributed by atoms with Crippen LogP contribution in [0.4, 0.5) is 0 Å². The highest BCUT2D eigenvalue weighted by molar-refractivity contribution is 6.15. The van der Waals surface area contributed by atoms with Crippen molar-refractivity contribution in [1.82, 2.24) is 19.1 Å². The summed E-state index contributed by atoms with van der Waals surface area (Å²) in [6, 6.07) is 60.8. The Morgan fingerprint density at radius 1 is 0.340 bits per heavy atom. The van der Waals surface area contributed by atoms with E-state index in [-0.39, 0.29) is 0 Å². The number of rotatable bonds is 3. The maximum absolute atomic E-state index is 5.44. The van der Waals surface area contributed by atoms with Gasteiger partial charge in [0.1, 0.15) is 5.69 Å². The molecule has 0 fully saturated rings. The number of para-hydroxylation sites is 4. The van der Waals surface area contributed by atoms with Gasteiger partial charge in [0.2, 0.25) is 0 Å². The lowest BCUT2D eigenvalue weighted by Crippen LogP contribution is -2.04. The van der Waals surface area contributed by atoms with Gasteiger partial charge in [-0.3, -0.25) is 4.57 Å². The zero-order valence-electron chi connectivity index (χ0n) is 27.0. The van der Waals surface area contributed by atoms with Crippen molar-refractivity contribution in [1.29, 1.82) is 0 Å². The molecule has 0 aliphatic rings. The van der Waals surface area contributed by atoms with Crippen LogP contribution in [0.5, 0.6) is 0 Å². The first-order valence-electron chi connectivity index (χ1n) is 17.0. The molecular formula is C46H28N4. The van der Waals surface area contributed by atoms with Gasteiger partial charge >= 0.3 is 0 Å². The van der Waals surface area contributed by atoms with Crippen LogP contribution in [0.1, 0.15) is 0 Å². The molecular weight excluding hydrogens is 609 g/mol. The predicted molar refractivity (Wildman–Crippen MR) is 209 cm³/mol. The number of hydrogen-bond donors (Lipinski definition) is 0. The van der Waals surface area contributed by atoms with Gasteiger partial charge in [0, 0.05) is 32.8 Å². The quantitative estimate of drug-likeness (QED) is 0.193. The summed E-state index contributed by atoms with van der Waals surface area (Å²) < 4.78 is 4.73. The van der Waals surface area contributed by atoms with Crippen molar-refractivity contribution in [3.8, 4) is 22.8 Å². The van der Waals surface area contributed by atoms with E-state index in [0.29, 0.717) is 0 Å². The molecule has 0 saturated heterocycles. The Kier molecular flexibility index (Phi) is 5.63. The zero-order valence-corrected chi connectivity index (χ0v) is 27.0. The molecule has 0 saturated carbocycles. The summed E-state index contributed by atoms with van der Waals surface area (Å²) >= 11 is 0. The summed E-state index contributed by atoms with van der Waals surface area (Å²) in [4.78, 5) is 10.8. The summed E-state index contributed by atoms with van der Waals surface area (Å²) in [6.07, 6.45) is 0. The maximum Gasteiger partial charge on any atom is 0.165 e. The molecule has 3 aromatic heterocycles. The van der Waals surface area contributed by atoms with Gasteiger partial charge in [0.15, 0.2) is 5.82 Å². The molecule has 8 aromatic carbocycles. The third-order valence-electron chi connectivity index (χ3n) is 10.2. The van der Waals surface area contributed by atoms with Crippen LogP contribution in [0.2, 0.25) is 0 Å². The van der Waals surface area contributed by atoms with Crippen LogP contribution in [0, 0.1) is 0 Å². The average molecular weight is 637 g/mol. The fraction of sp³-hybridized carbons (Fsp3) is 0. The Hall–Kier alpha value is -6.78. The molecule has 0 aliphatic heterocycles. The third kappa shape index (κ3) is 3.93. The minimum Gasteiger partial charge on any atom is -0.309 e. The van der Waals surface area contributed by atoms with Crippen molar-refractivity contribution in [3.63, 3.8) is 0 Å². The molecule has 0 unspecified atom stereocenters. The van der Waals surface area contributed by atoms with Crippen LogP contribution < -0.4 is 0 Å². The van der Waals surface area contributed by atoms with Crippen LogP contribution in [0.3, 0.4) is 0 Å². The standard InChI is InChI=1S/C46H28N4/c1-2-12-30-25-33(22-21-29(30)11-1)45-46(48-40-18-8-7-17-39(40)47-45)50-43-27-32-14-4-3-13-31(32)26-38(43)37-24-23-34(28-44(37)50)49-41-19-9-5-15-35(41)36-16-6-10-20-42(36)49/h1-28H. The first-order chi connectivity index (χ1) is 24.8. The van der Waals surface area contributed by atoms with E-state index in [1.54, 1.807) is 0 Å². The lowest BCUT2D eigenvalue weighted by atomic mass is 10.0. The summed E-state index contributed by atoms with van der Waals surface area (Å²) in [7, 11) is 0. The van der Waals surface area contributed by atoms with Crippen LogP contribution in [-0.4, -0.2) is 19.1 Å². The second kappa shape index (κ2) is 10.4. The van der Waals surface area contributed by atoms with Gasteiger partial charge in [-0.15, -0.1) is 0 Å². The summed E-state index contributed by atoms with van der Waals surface area (Å²) in [5.41, 5.74) is 9.27. The van der Waals surface area contributed by atoms with Gasteiger partial charge in [0.05, 0.1) is 33.1 Å². The van der Waals surface area contributed by atoms with Crippen molar-refractivity contribution < 1.29 is 0 Å². The minimum atomic E-state index is 0.814. The van der Waals surface area contributed by atoms with Crippen LogP contribution >= 0.6 is 0 Å². The molecule has 0 bridgehead atoms. The Balaban J connectivity index is 1.29. The topological polar surface area (TPSA) is 35.6 Å². The second-order valence-electron chi connectivity index (χ2n) is 13.1. The van der Waals surface area contributed by atoms with Crippen LogP contribution in [0.25, 0.3) is 99.0 Å². The van der Waals surface area contributed by atoms with Gasteiger partial charge in [0.25, 0.3) is 0 Å².